The molecule has 0 spiro atoms. The molecule has 2 heterocycles. The van der Waals surface area contributed by atoms with E-state index in [0.29, 0.717) is 42.1 Å². The summed E-state index contributed by atoms with van der Waals surface area (Å²) in [6.07, 6.45) is -3.77. The number of ether oxygens (including phenoxy) is 1. The molecule has 0 aliphatic carbocycles. The number of aromatic amines is 2. The van der Waals surface area contributed by atoms with Crippen LogP contribution in [0.25, 0.3) is 22.2 Å². The number of carbonyl (C=O) groups is 3. The van der Waals surface area contributed by atoms with E-state index in [1.54, 1.807) is 13.3 Å². The van der Waals surface area contributed by atoms with E-state index in [9.17, 15) is 35.9 Å². The number of Topliss-reactive ketones (excluding diaryl/α,β-unsaturated/α-hetero) is 1. The van der Waals surface area contributed by atoms with Crippen LogP contribution in [0.4, 0.5) is 26.3 Å². The Morgan fingerprint density at radius 2 is 1.65 bits per heavy atom. The number of aromatic nitrogens is 3. The monoisotopic (exact) mass is 682 g/mol. The molecule has 0 aliphatic heterocycles. The molecule has 2 aromatic heterocycles. The van der Waals surface area contributed by atoms with E-state index in [4.69, 9.17) is 14.6 Å². The summed E-state index contributed by atoms with van der Waals surface area (Å²) in [4.78, 5) is 44.9. The van der Waals surface area contributed by atoms with E-state index in [1.165, 1.54) is 12.1 Å². The number of ketones is 1. The highest BCUT2D eigenvalue weighted by Gasteiger charge is 2.38. The first-order chi connectivity index (χ1) is 22.5. The lowest BCUT2D eigenvalue weighted by Crippen LogP contribution is -2.30. The summed E-state index contributed by atoms with van der Waals surface area (Å²) < 4.78 is 76.1. The molecule has 0 aliphatic rings. The van der Waals surface area contributed by atoms with Crippen LogP contribution >= 0.6 is 0 Å². The van der Waals surface area contributed by atoms with Crippen molar-refractivity contribution >= 4 is 28.6 Å². The molecule has 0 saturated carbocycles. The zero-order chi connectivity index (χ0) is 35.6. The lowest BCUT2D eigenvalue weighted by atomic mass is 10.0. The first-order valence-corrected chi connectivity index (χ1v) is 15.0. The number of rotatable bonds is 13. The molecule has 4 aromatic rings. The van der Waals surface area contributed by atoms with Crippen molar-refractivity contribution in [2.45, 2.75) is 77.2 Å². The molecule has 260 valence electrons. The second kappa shape index (κ2) is 16.3. The van der Waals surface area contributed by atoms with E-state index >= 15 is 0 Å². The molecule has 1 amide bonds. The summed E-state index contributed by atoms with van der Waals surface area (Å²) >= 11 is 0. The Balaban J connectivity index is 0.000000804. The second-order valence-corrected chi connectivity index (χ2v) is 11.0. The number of alkyl halides is 6. The predicted octanol–water partition coefficient (Wildman–Crippen LogP) is 7.86. The fourth-order valence-electron chi connectivity index (χ4n) is 4.92. The van der Waals surface area contributed by atoms with E-state index in [0.717, 1.165) is 53.6 Å². The molecule has 0 bridgehead atoms. The molecule has 0 saturated heterocycles. The Bertz CT molecular complexity index is 1690. The van der Waals surface area contributed by atoms with Crippen LogP contribution in [-0.2, 0) is 27.0 Å². The molecule has 15 heteroatoms. The molecule has 4 rings (SSSR count). The van der Waals surface area contributed by atoms with Crippen molar-refractivity contribution in [3.63, 3.8) is 0 Å². The third-order valence-corrected chi connectivity index (χ3v) is 7.53. The number of amides is 1. The summed E-state index contributed by atoms with van der Waals surface area (Å²) in [5.41, 5.74) is 3.07. The molecule has 48 heavy (non-hydrogen) atoms. The van der Waals surface area contributed by atoms with Gasteiger partial charge in [-0.2, -0.15) is 26.3 Å². The van der Waals surface area contributed by atoms with Gasteiger partial charge in [0.2, 0.25) is 5.91 Å². The minimum Gasteiger partial charge on any atom is -0.497 e. The molecule has 1 atom stereocenters. The molecular weight excluding hydrogens is 646 g/mol. The molecule has 0 radical (unpaired) electrons. The van der Waals surface area contributed by atoms with Crippen molar-refractivity contribution in [2.24, 2.45) is 0 Å². The standard InChI is InChI=1S/C31H35F3N4O3.C2HF3O2/c1-4-22(39)8-6-5-7-9-27(30-35-18-28(38-30)20-10-12-21(13-11-20)31(32,33)34)37-29(40)17-24-19(2)36-26-15-14-23(41-3)16-25(24)26;3-2(4,5)1(6)7/h10-16,18,27,36H,4-9,17H2,1-3H3,(H,35,38)(H,37,40);(H,6,7)/t27-;/m0./s1. The van der Waals surface area contributed by atoms with Gasteiger partial charge in [-0.3, -0.25) is 9.59 Å². The Morgan fingerprint density at radius 3 is 2.23 bits per heavy atom. The lowest BCUT2D eigenvalue weighted by Gasteiger charge is -2.17. The van der Waals surface area contributed by atoms with Gasteiger partial charge in [0.05, 0.1) is 37.0 Å². The highest BCUT2D eigenvalue weighted by molar-refractivity contribution is 5.91. The SMILES string of the molecule is CCC(=O)CCCCC[C@H](NC(=O)Cc1c(C)[nH]c2ccc(OC)cc12)c1ncc(-c2ccc(C(F)(F)F)cc2)[nH]1.O=C(O)C(F)(F)F. The number of carboxylic acids is 1. The number of benzene rings is 2. The minimum atomic E-state index is -5.08. The Hall–Kier alpha value is -4.82. The Labute approximate surface area is 272 Å². The van der Waals surface area contributed by atoms with Crippen LogP contribution in [0.15, 0.2) is 48.7 Å². The van der Waals surface area contributed by atoms with E-state index in [2.05, 4.69) is 20.3 Å². The summed E-state index contributed by atoms with van der Waals surface area (Å²) in [5, 5.41) is 11.1. The maximum atomic E-state index is 13.3. The fourth-order valence-corrected chi connectivity index (χ4v) is 4.92. The zero-order valence-electron chi connectivity index (χ0n) is 26.4. The number of nitrogens with zero attached hydrogens (tertiary/aromatic N) is 1. The van der Waals surface area contributed by atoms with Gasteiger partial charge in [0.1, 0.15) is 17.4 Å². The topological polar surface area (TPSA) is 137 Å². The molecule has 0 fully saturated rings. The second-order valence-electron chi connectivity index (χ2n) is 11.0. The molecule has 4 N–H and O–H groups in total. The highest BCUT2D eigenvalue weighted by atomic mass is 19.4. The Morgan fingerprint density at radius 1 is 0.979 bits per heavy atom. The molecular formula is C33H36F6N4O5. The van der Waals surface area contributed by atoms with Crippen molar-refractivity contribution in [3.05, 3.63) is 71.3 Å². The maximum absolute atomic E-state index is 13.3. The van der Waals surface area contributed by atoms with Crippen LogP contribution in [-0.4, -0.2) is 51.0 Å². The van der Waals surface area contributed by atoms with Gasteiger partial charge in [0.15, 0.2) is 0 Å². The summed E-state index contributed by atoms with van der Waals surface area (Å²) in [6.45, 7) is 3.78. The van der Waals surface area contributed by atoms with Crippen molar-refractivity contribution < 1.29 is 50.6 Å². The van der Waals surface area contributed by atoms with Crippen molar-refractivity contribution in [1.82, 2.24) is 20.3 Å². The number of aryl methyl sites for hydroxylation is 1. The summed E-state index contributed by atoms with van der Waals surface area (Å²) in [5.74, 6) is -1.49. The minimum absolute atomic E-state index is 0.146. The Kier molecular flexibility index (Phi) is 12.8. The quantitative estimate of drug-likeness (QED) is 0.0837. The van der Waals surface area contributed by atoms with Crippen LogP contribution in [0.1, 0.15) is 74.1 Å². The normalized spacial score (nSPS) is 12.3. The van der Waals surface area contributed by atoms with Crippen molar-refractivity contribution in [3.8, 4) is 17.0 Å². The lowest BCUT2D eigenvalue weighted by molar-refractivity contribution is -0.192. The van der Waals surface area contributed by atoms with Crippen LogP contribution in [0.2, 0.25) is 0 Å². The van der Waals surface area contributed by atoms with Gasteiger partial charge in [-0.05, 0) is 61.2 Å². The van der Waals surface area contributed by atoms with E-state index in [1.807, 2.05) is 32.0 Å². The van der Waals surface area contributed by atoms with E-state index < -0.39 is 29.9 Å². The maximum Gasteiger partial charge on any atom is 0.490 e. The average Bonchev–Trinajstić information content (AvgIpc) is 3.64. The van der Waals surface area contributed by atoms with Crippen LogP contribution in [0, 0.1) is 6.92 Å². The number of hydrogen-bond acceptors (Lipinski definition) is 5. The van der Waals surface area contributed by atoms with Crippen LogP contribution in [0.5, 0.6) is 5.75 Å². The number of methoxy groups -OCH3 is 1. The van der Waals surface area contributed by atoms with Gasteiger partial charge >= 0.3 is 18.3 Å². The zero-order valence-corrected chi connectivity index (χ0v) is 26.4. The number of nitrogens with one attached hydrogen (secondary N) is 3. The number of aliphatic carboxylic acids is 1. The number of carboxylic acid groups (broad SMARTS) is 1. The molecule has 0 unspecified atom stereocenters. The van der Waals surface area contributed by atoms with Gasteiger partial charge in [0.25, 0.3) is 0 Å². The molecule has 9 nitrogen and oxygen atoms in total. The largest absolute Gasteiger partial charge is 0.497 e. The van der Waals surface area contributed by atoms with Gasteiger partial charge in [-0.1, -0.05) is 31.9 Å². The number of unbranched alkanes of at least 4 members (excludes halogenated alkanes) is 2. The number of fused-ring (bicyclic) bond motifs is 1. The van der Waals surface area contributed by atoms with E-state index in [-0.39, 0.29) is 18.1 Å². The number of imidazole rings is 1. The first kappa shape index (κ1) is 37.6. The number of carbonyl (C=O) groups excluding carboxylic acids is 2. The van der Waals surface area contributed by atoms with Crippen LogP contribution < -0.4 is 10.1 Å². The van der Waals surface area contributed by atoms with Crippen molar-refractivity contribution in [1.29, 1.82) is 0 Å². The first-order valence-electron chi connectivity index (χ1n) is 15.0. The average molecular weight is 683 g/mol. The van der Waals surface area contributed by atoms with Gasteiger partial charge in [-0.15, -0.1) is 0 Å². The van der Waals surface area contributed by atoms with Gasteiger partial charge in [0, 0.05) is 29.4 Å². The van der Waals surface area contributed by atoms with Crippen molar-refractivity contribution in [2.75, 3.05) is 7.11 Å². The smallest absolute Gasteiger partial charge is 0.490 e. The van der Waals surface area contributed by atoms with Gasteiger partial charge in [-0.25, -0.2) is 9.78 Å². The van der Waals surface area contributed by atoms with Gasteiger partial charge < -0.3 is 25.1 Å². The third kappa shape index (κ3) is 10.6. The summed E-state index contributed by atoms with van der Waals surface area (Å²) in [6, 6.07) is 10.1. The number of H-pyrrole nitrogens is 2. The highest BCUT2D eigenvalue weighted by Crippen LogP contribution is 2.31. The molecule has 2 aromatic carbocycles. The van der Waals surface area contributed by atoms with Crippen LogP contribution in [0.3, 0.4) is 0 Å². The fraction of sp³-hybridized carbons (Fsp3) is 0.394. The third-order valence-electron chi connectivity index (χ3n) is 7.53. The predicted molar refractivity (Wildman–Crippen MR) is 165 cm³/mol. The summed E-state index contributed by atoms with van der Waals surface area (Å²) in [7, 11) is 1.60. The number of halogens is 6. The number of hydrogen-bond donors (Lipinski definition) is 4.